The summed E-state index contributed by atoms with van der Waals surface area (Å²) in [5.74, 6) is 1.63. The summed E-state index contributed by atoms with van der Waals surface area (Å²) in [6.07, 6.45) is 2.59. The predicted octanol–water partition coefficient (Wildman–Crippen LogP) is 2.54. The molecule has 2 aliphatic rings. The van der Waals surface area contributed by atoms with Crippen LogP contribution in [0.3, 0.4) is 0 Å². The van der Waals surface area contributed by atoms with Crippen molar-refractivity contribution in [3.05, 3.63) is 47.3 Å². The van der Waals surface area contributed by atoms with Gasteiger partial charge in [0.05, 0.1) is 20.3 Å². The minimum Gasteiger partial charge on any atom is -0.493 e. The second-order valence-corrected chi connectivity index (χ2v) is 6.96. The van der Waals surface area contributed by atoms with Crippen molar-refractivity contribution in [2.45, 2.75) is 33.0 Å². The smallest absolute Gasteiger partial charge is 0.359 e. The highest BCUT2D eigenvalue weighted by molar-refractivity contribution is 5.89. The Labute approximate surface area is 169 Å². The van der Waals surface area contributed by atoms with Gasteiger partial charge in [-0.3, -0.25) is 9.58 Å². The molecule has 0 atom stereocenters. The highest BCUT2D eigenvalue weighted by atomic mass is 16.7. The summed E-state index contributed by atoms with van der Waals surface area (Å²) in [4.78, 5) is 14.7. The van der Waals surface area contributed by atoms with E-state index in [0.717, 1.165) is 29.8 Å². The largest absolute Gasteiger partial charge is 0.493 e. The van der Waals surface area contributed by atoms with Crippen molar-refractivity contribution in [1.82, 2.24) is 14.7 Å². The molecule has 0 radical (unpaired) electrons. The number of nitrogens with zero attached hydrogens (tertiary/aromatic N) is 3. The highest BCUT2D eigenvalue weighted by Crippen LogP contribution is 2.42. The van der Waals surface area contributed by atoms with Crippen molar-refractivity contribution in [3.8, 4) is 17.2 Å². The van der Waals surface area contributed by atoms with Crippen molar-refractivity contribution >= 4 is 5.97 Å². The van der Waals surface area contributed by atoms with Gasteiger partial charge in [0.15, 0.2) is 17.2 Å². The van der Waals surface area contributed by atoms with Gasteiger partial charge >= 0.3 is 5.97 Å². The lowest BCUT2D eigenvalue weighted by molar-refractivity contribution is 0.0515. The van der Waals surface area contributed by atoms with E-state index in [9.17, 15) is 4.79 Å². The molecule has 0 amide bonds. The SMILES string of the molecule is C=CCn1nc(C(=O)OCC)c2c1CCN(Cc1cc(OC)c3c(c1)OCO3)C2. The maximum atomic E-state index is 12.4. The van der Waals surface area contributed by atoms with Crippen LogP contribution in [0.4, 0.5) is 0 Å². The number of benzene rings is 1. The van der Waals surface area contributed by atoms with Gasteiger partial charge in [0.1, 0.15) is 0 Å². The maximum Gasteiger partial charge on any atom is 0.359 e. The number of fused-ring (bicyclic) bond motifs is 2. The summed E-state index contributed by atoms with van der Waals surface area (Å²) in [6.45, 7) is 8.85. The van der Waals surface area contributed by atoms with Gasteiger partial charge in [-0.15, -0.1) is 6.58 Å². The average molecular weight is 399 g/mol. The van der Waals surface area contributed by atoms with Gasteiger partial charge in [-0.25, -0.2) is 4.79 Å². The van der Waals surface area contributed by atoms with Gasteiger partial charge in [0.2, 0.25) is 12.5 Å². The molecule has 0 spiro atoms. The molecule has 4 rings (SSSR count). The number of esters is 1. The van der Waals surface area contributed by atoms with E-state index in [1.165, 1.54) is 0 Å². The molecule has 154 valence electrons. The molecule has 0 unspecified atom stereocenters. The molecule has 0 bridgehead atoms. The summed E-state index contributed by atoms with van der Waals surface area (Å²) in [5.41, 5.74) is 3.47. The zero-order valence-electron chi connectivity index (χ0n) is 16.8. The lowest BCUT2D eigenvalue weighted by atomic mass is 10.0. The standard InChI is InChI=1S/C21H25N3O5/c1-4-7-24-16-6-8-23(12-15(16)19(22-24)21(25)27-5-2)11-14-9-17(26-3)20-18(10-14)28-13-29-20/h4,9-10H,1,5-8,11-13H2,2-3H3. The first-order valence-corrected chi connectivity index (χ1v) is 9.70. The number of hydrogen-bond donors (Lipinski definition) is 0. The van der Waals surface area contributed by atoms with E-state index in [1.807, 2.05) is 16.8 Å². The van der Waals surface area contributed by atoms with E-state index in [1.54, 1.807) is 20.1 Å². The topological polar surface area (TPSA) is 75.1 Å². The molecule has 1 aromatic carbocycles. The van der Waals surface area contributed by atoms with Crippen LogP contribution in [-0.2, 0) is 30.8 Å². The number of hydrogen-bond acceptors (Lipinski definition) is 7. The molecule has 3 heterocycles. The molecular formula is C21H25N3O5. The molecule has 2 aliphatic heterocycles. The molecule has 0 aliphatic carbocycles. The normalized spacial score (nSPS) is 15.1. The van der Waals surface area contributed by atoms with Gasteiger partial charge in [-0.2, -0.15) is 5.10 Å². The number of allylic oxidation sites excluding steroid dienone is 1. The molecule has 0 saturated carbocycles. The summed E-state index contributed by atoms with van der Waals surface area (Å²) < 4.78 is 23.5. The van der Waals surface area contributed by atoms with Crippen LogP contribution in [0.1, 0.15) is 34.2 Å². The first kappa shape index (κ1) is 19.3. The fourth-order valence-electron chi connectivity index (χ4n) is 3.85. The van der Waals surface area contributed by atoms with Gasteiger partial charge in [0, 0.05) is 37.3 Å². The number of methoxy groups -OCH3 is 1. The molecule has 8 heteroatoms. The van der Waals surface area contributed by atoms with Crippen LogP contribution >= 0.6 is 0 Å². The van der Waals surface area contributed by atoms with Gasteiger partial charge in [0.25, 0.3) is 0 Å². The second-order valence-electron chi connectivity index (χ2n) is 6.96. The second kappa shape index (κ2) is 8.16. The summed E-state index contributed by atoms with van der Waals surface area (Å²) in [7, 11) is 1.62. The minimum absolute atomic E-state index is 0.202. The maximum absolute atomic E-state index is 12.4. The van der Waals surface area contributed by atoms with E-state index in [0.29, 0.717) is 49.2 Å². The summed E-state index contributed by atoms with van der Waals surface area (Å²) in [6, 6.07) is 3.95. The van der Waals surface area contributed by atoms with Crippen LogP contribution in [0.15, 0.2) is 24.8 Å². The van der Waals surface area contributed by atoms with Crippen LogP contribution in [-0.4, -0.2) is 47.7 Å². The number of carbonyl (C=O) groups excluding carboxylic acids is 1. The zero-order valence-corrected chi connectivity index (χ0v) is 16.8. The Hall–Kier alpha value is -3.00. The van der Waals surface area contributed by atoms with E-state index in [4.69, 9.17) is 18.9 Å². The Morgan fingerprint density at radius 3 is 3.00 bits per heavy atom. The van der Waals surface area contributed by atoms with Crippen molar-refractivity contribution < 1.29 is 23.7 Å². The number of rotatable bonds is 7. The number of ether oxygens (including phenoxy) is 4. The minimum atomic E-state index is -0.377. The molecular weight excluding hydrogens is 374 g/mol. The van der Waals surface area contributed by atoms with Crippen LogP contribution in [0.2, 0.25) is 0 Å². The third-order valence-electron chi connectivity index (χ3n) is 5.11. The molecule has 2 aromatic rings. The molecule has 0 fully saturated rings. The Morgan fingerprint density at radius 2 is 2.24 bits per heavy atom. The Balaban J connectivity index is 1.58. The van der Waals surface area contributed by atoms with Gasteiger partial charge < -0.3 is 18.9 Å². The molecule has 0 saturated heterocycles. The Morgan fingerprint density at radius 1 is 1.38 bits per heavy atom. The quantitative estimate of drug-likeness (QED) is 0.523. The van der Waals surface area contributed by atoms with Crippen LogP contribution in [0.5, 0.6) is 17.2 Å². The fraction of sp³-hybridized carbons (Fsp3) is 0.429. The number of carbonyl (C=O) groups is 1. The first-order chi connectivity index (χ1) is 14.1. The molecule has 29 heavy (non-hydrogen) atoms. The van der Waals surface area contributed by atoms with Gasteiger partial charge in [-0.05, 0) is 24.6 Å². The van der Waals surface area contributed by atoms with Crippen molar-refractivity contribution in [3.63, 3.8) is 0 Å². The summed E-state index contributed by atoms with van der Waals surface area (Å²) >= 11 is 0. The van der Waals surface area contributed by atoms with E-state index in [2.05, 4.69) is 16.6 Å². The Kier molecular flexibility index (Phi) is 5.44. The summed E-state index contributed by atoms with van der Waals surface area (Å²) in [5, 5.41) is 4.50. The first-order valence-electron chi connectivity index (χ1n) is 9.70. The third kappa shape index (κ3) is 3.67. The molecule has 1 aromatic heterocycles. The van der Waals surface area contributed by atoms with Crippen molar-refractivity contribution in [1.29, 1.82) is 0 Å². The van der Waals surface area contributed by atoms with E-state index < -0.39 is 0 Å². The average Bonchev–Trinajstić information content (AvgIpc) is 3.32. The van der Waals surface area contributed by atoms with Crippen LogP contribution in [0.25, 0.3) is 0 Å². The Bertz CT molecular complexity index is 937. The zero-order chi connectivity index (χ0) is 20.4. The third-order valence-corrected chi connectivity index (χ3v) is 5.11. The van der Waals surface area contributed by atoms with Gasteiger partial charge in [-0.1, -0.05) is 6.08 Å². The van der Waals surface area contributed by atoms with Crippen LogP contribution in [0, 0.1) is 0 Å². The van der Waals surface area contributed by atoms with Crippen LogP contribution < -0.4 is 14.2 Å². The lowest BCUT2D eigenvalue weighted by Gasteiger charge is -2.27. The van der Waals surface area contributed by atoms with E-state index in [-0.39, 0.29) is 12.8 Å². The lowest BCUT2D eigenvalue weighted by Crippen LogP contribution is -2.31. The monoisotopic (exact) mass is 399 g/mol. The predicted molar refractivity (Wildman–Crippen MR) is 105 cm³/mol. The molecule has 0 N–H and O–H groups in total. The fourth-order valence-corrected chi connectivity index (χ4v) is 3.85. The van der Waals surface area contributed by atoms with Crippen molar-refractivity contribution in [2.75, 3.05) is 27.1 Å². The number of aromatic nitrogens is 2. The molecule has 8 nitrogen and oxygen atoms in total. The highest BCUT2D eigenvalue weighted by Gasteiger charge is 2.29. The van der Waals surface area contributed by atoms with Crippen molar-refractivity contribution in [2.24, 2.45) is 0 Å². The van der Waals surface area contributed by atoms with E-state index >= 15 is 0 Å².